The van der Waals surface area contributed by atoms with Gasteiger partial charge in [-0.25, -0.2) is 0 Å². The van der Waals surface area contributed by atoms with Crippen LogP contribution in [0.25, 0.3) is 0 Å². The van der Waals surface area contributed by atoms with Crippen LogP contribution in [0.5, 0.6) is 0 Å². The van der Waals surface area contributed by atoms with Crippen LogP contribution in [0.15, 0.2) is 0 Å². The van der Waals surface area contributed by atoms with E-state index < -0.39 is 5.41 Å². The highest BCUT2D eigenvalue weighted by atomic mass is 16.2. The van der Waals surface area contributed by atoms with Gasteiger partial charge in [0.1, 0.15) is 5.41 Å². The molecule has 0 aromatic rings. The van der Waals surface area contributed by atoms with Crippen molar-refractivity contribution in [3.63, 3.8) is 0 Å². The summed E-state index contributed by atoms with van der Waals surface area (Å²) in [6, 6.07) is 2.84. The lowest BCUT2D eigenvalue weighted by atomic mass is 9.74. The molecule has 2 unspecified atom stereocenters. The molecule has 1 aliphatic carbocycles. The summed E-state index contributed by atoms with van der Waals surface area (Å²) < 4.78 is 0. The number of nitrogens with zero attached hydrogens (tertiary/aromatic N) is 2. The predicted octanol–water partition coefficient (Wildman–Crippen LogP) is 4.28. The van der Waals surface area contributed by atoms with Gasteiger partial charge in [-0.05, 0) is 44.4 Å². The molecule has 2 fully saturated rings. The van der Waals surface area contributed by atoms with Crippen molar-refractivity contribution in [2.75, 3.05) is 6.54 Å². The van der Waals surface area contributed by atoms with E-state index in [0.717, 1.165) is 32.2 Å². The molecule has 0 aromatic carbocycles. The van der Waals surface area contributed by atoms with Crippen molar-refractivity contribution < 1.29 is 4.79 Å². The Morgan fingerprint density at radius 2 is 1.76 bits per heavy atom. The number of carbonyl (C=O) groups excluding carboxylic acids is 1. The van der Waals surface area contributed by atoms with Crippen molar-refractivity contribution in [2.45, 2.75) is 84.1 Å². The molecule has 3 heteroatoms. The van der Waals surface area contributed by atoms with Crippen LogP contribution in [0.4, 0.5) is 0 Å². The first-order chi connectivity index (χ1) is 10.2. The Balaban J connectivity index is 2.20. The molecule has 0 N–H and O–H groups in total. The van der Waals surface area contributed by atoms with Crippen LogP contribution in [0.3, 0.4) is 0 Å². The van der Waals surface area contributed by atoms with E-state index in [1.807, 2.05) is 0 Å². The molecule has 0 spiro atoms. The van der Waals surface area contributed by atoms with E-state index in [1.54, 1.807) is 0 Å². The van der Waals surface area contributed by atoms with Crippen LogP contribution >= 0.6 is 0 Å². The third-order valence-electron chi connectivity index (χ3n) is 5.48. The van der Waals surface area contributed by atoms with Gasteiger partial charge in [-0.15, -0.1) is 0 Å². The van der Waals surface area contributed by atoms with Crippen molar-refractivity contribution in [3.8, 4) is 6.07 Å². The predicted molar refractivity (Wildman–Crippen MR) is 84.6 cm³/mol. The normalized spacial score (nSPS) is 26.0. The summed E-state index contributed by atoms with van der Waals surface area (Å²) in [5.74, 6) is 0.835. The van der Waals surface area contributed by atoms with Crippen molar-refractivity contribution in [1.29, 1.82) is 5.26 Å². The Bertz CT molecular complexity index is 391. The van der Waals surface area contributed by atoms with Crippen LogP contribution in [0, 0.1) is 22.7 Å². The molecular formula is C18H30N2O. The van der Waals surface area contributed by atoms with Crippen LogP contribution < -0.4 is 0 Å². The molecule has 1 saturated carbocycles. The maximum absolute atomic E-state index is 13.2. The highest BCUT2D eigenvalue weighted by molar-refractivity contribution is 5.86. The Morgan fingerprint density at radius 1 is 1.14 bits per heavy atom. The van der Waals surface area contributed by atoms with Gasteiger partial charge >= 0.3 is 0 Å². The fourth-order valence-corrected chi connectivity index (χ4v) is 4.50. The standard InChI is InChI=1S/C18H30N2O/c1-3-11-18(14-19,12-4-2)17(21)20-13-7-9-15-8-5-6-10-16(15)20/h15-16H,3-13H2,1-2H3. The zero-order valence-corrected chi connectivity index (χ0v) is 13.7. The number of fused-ring (bicyclic) bond motifs is 1. The number of likely N-dealkylation sites (tertiary alicyclic amines) is 1. The third kappa shape index (κ3) is 3.25. The molecule has 2 aliphatic rings. The van der Waals surface area contributed by atoms with E-state index in [2.05, 4.69) is 24.8 Å². The number of carbonyl (C=O) groups is 1. The molecule has 2 rings (SSSR count). The molecular weight excluding hydrogens is 260 g/mol. The third-order valence-corrected chi connectivity index (χ3v) is 5.48. The zero-order chi connectivity index (χ0) is 15.3. The average molecular weight is 290 g/mol. The molecule has 1 amide bonds. The summed E-state index contributed by atoms with van der Waals surface area (Å²) in [6.45, 7) is 5.03. The molecule has 1 aliphatic heterocycles. The maximum Gasteiger partial charge on any atom is 0.243 e. The summed E-state index contributed by atoms with van der Waals surface area (Å²) in [5, 5.41) is 9.74. The second-order valence-corrected chi connectivity index (χ2v) is 6.95. The Kier molecular flexibility index (Phi) is 5.67. The number of piperidine rings is 1. The van der Waals surface area contributed by atoms with Gasteiger partial charge in [0.15, 0.2) is 0 Å². The molecule has 21 heavy (non-hydrogen) atoms. The van der Waals surface area contributed by atoms with Gasteiger partial charge in [0.2, 0.25) is 5.91 Å². The number of amides is 1. The lowest BCUT2D eigenvalue weighted by Gasteiger charge is -2.46. The molecule has 0 aromatic heterocycles. The van der Waals surface area contributed by atoms with E-state index in [1.165, 1.54) is 25.7 Å². The smallest absolute Gasteiger partial charge is 0.243 e. The van der Waals surface area contributed by atoms with Gasteiger partial charge in [0.25, 0.3) is 0 Å². The minimum Gasteiger partial charge on any atom is -0.338 e. The molecule has 1 saturated heterocycles. The van der Waals surface area contributed by atoms with E-state index >= 15 is 0 Å². The van der Waals surface area contributed by atoms with E-state index in [-0.39, 0.29) is 5.91 Å². The molecule has 118 valence electrons. The first-order valence-corrected chi connectivity index (χ1v) is 8.91. The molecule has 0 bridgehead atoms. The summed E-state index contributed by atoms with van der Waals surface area (Å²) >= 11 is 0. The van der Waals surface area contributed by atoms with Gasteiger partial charge < -0.3 is 4.90 Å². The Hall–Kier alpha value is -1.04. The van der Waals surface area contributed by atoms with Crippen molar-refractivity contribution >= 4 is 5.91 Å². The first-order valence-electron chi connectivity index (χ1n) is 8.91. The largest absolute Gasteiger partial charge is 0.338 e. The monoisotopic (exact) mass is 290 g/mol. The summed E-state index contributed by atoms with van der Waals surface area (Å²) in [4.78, 5) is 15.3. The van der Waals surface area contributed by atoms with Crippen LogP contribution in [-0.2, 0) is 4.79 Å². The van der Waals surface area contributed by atoms with Gasteiger partial charge in [-0.1, -0.05) is 39.5 Å². The molecule has 0 radical (unpaired) electrons. The number of hydrogen-bond acceptors (Lipinski definition) is 2. The Morgan fingerprint density at radius 3 is 2.38 bits per heavy atom. The summed E-state index contributed by atoms with van der Waals surface area (Å²) in [5.41, 5.74) is -0.761. The van der Waals surface area contributed by atoms with Gasteiger partial charge in [0.05, 0.1) is 6.07 Å². The topological polar surface area (TPSA) is 44.1 Å². The van der Waals surface area contributed by atoms with Crippen LogP contribution in [-0.4, -0.2) is 23.4 Å². The fourth-order valence-electron chi connectivity index (χ4n) is 4.50. The summed E-state index contributed by atoms with van der Waals surface area (Å²) in [6.07, 6.45) is 10.6. The van der Waals surface area contributed by atoms with Gasteiger partial charge in [-0.2, -0.15) is 5.26 Å². The summed E-state index contributed by atoms with van der Waals surface area (Å²) in [7, 11) is 0. The number of hydrogen-bond donors (Lipinski definition) is 0. The SMILES string of the molecule is CCCC(C#N)(CCC)C(=O)N1CCCC2CCCCC21. The first kappa shape index (κ1) is 16.3. The van der Waals surface area contributed by atoms with Crippen LogP contribution in [0.1, 0.15) is 78.1 Å². The van der Waals surface area contributed by atoms with Gasteiger partial charge in [0, 0.05) is 12.6 Å². The molecule has 2 atom stereocenters. The van der Waals surface area contributed by atoms with E-state index in [4.69, 9.17) is 0 Å². The molecule has 1 heterocycles. The lowest BCUT2D eigenvalue weighted by molar-refractivity contribution is -0.146. The fraction of sp³-hybridized carbons (Fsp3) is 0.889. The van der Waals surface area contributed by atoms with E-state index in [0.29, 0.717) is 24.8 Å². The second kappa shape index (κ2) is 7.29. The Labute approximate surface area is 129 Å². The number of rotatable bonds is 5. The van der Waals surface area contributed by atoms with Crippen molar-refractivity contribution in [1.82, 2.24) is 4.90 Å². The lowest BCUT2D eigenvalue weighted by Crippen LogP contribution is -2.54. The minimum absolute atomic E-state index is 0.144. The number of nitriles is 1. The second-order valence-electron chi connectivity index (χ2n) is 6.95. The quantitative estimate of drug-likeness (QED) is 0.758. The average Bonchev–Trinajstić information content (AvgIpc) is 2.53. The van der Waals surface area contributed by atoms with Crippen molar-refractivity contribution in [3.05, 3.63) is 0 Å². The zero-order valence-electron chi connectivity index (χ0n) is 13.7. The van der Waals surface area contributed by atoms with E-state index in [9.17, 15) is 10.1 Å². The molecule has 3 nitrogen and oxygen atoms in total. The minimum atomic E-state index is -0.761. The van der Waals surface area contributed by atoms with Crippen LogP contribution in [0.2, 0.25) is 0 Å². The highest BCUT2D eigenvalue weighted by Gasteiger charge is 2.45. The van der Waals surface area contributed by atoms with Gasteiger partial charge in [-0.3, -0.25) is 4.79 Å². The highest BCUT2D eigenvalue weighted by Crippen LogP contribution is 2.39. The maximum atomic E-state index is 13.2. The van der Waals surface area contributed by atoms with Crippen molar-refractivity contribution in [2.24, 2.45) is 11.3 Å².